The molecule has 0 amide bonds. The average molecular weight is 427 g/mol. The molecule has 152 valence electrons. The third-order valence-electron chi connectivity index (χ3n) is 4.71. The summed E-state index contributed by atoms with van der Waals surface area (Å²) in [6, 6.07) is 4.55. The molecule has 0 radical (unpaired) electrons. The SMILES string of the molecule is O=c1[nH]c(O)c([C@@H]2CCCc3cc(Oc4ccc(C(F)(F)F)cc4Cl)cnc32)o1. The highest BCUT2D eigenvalue weighted by molar-refractivity contribution is 6.32. The summed E-state index contributed by atoms with van der Waals surface area (Å²) in [5.41, 5.74) is 0.597. The number of H-pyrrole nitrogens is 1. The van der Waals surface area contributed by atoms with Gasteiger partial charge in [0.15, 0.2) is 5.76 Å². The number of hydrogen-bond acceptors (Lipinski definition) is 5. The highest BCUT2D eigenvalue weighted by atomic mass is 35.5. The number of ether oxygens (including phenoxy) is 1. The lowest BCUT2D eigenvalue weighted by molar-refractivity contribution is -0.137. The van der Waals surface area contributed by atoms with E-state index < -0.39 is 17.5 Å². The Labute approximate surface area is 166 Å². The minimum atomic E-state index is -4.50. The topological polar surface area (TPSA) is 88.4 Å². The summed E-state index contributed by atoms with van der Waals surface area (Å²) >= 11 is 5.93. The number of halogens is 4. The van der Waals surface area contributed by atoms with Crippen molar-refractivity contribution in [3.63, 3.8) is 0 Å². The Hall–Kier alpha value is -2.94. The molecule has 1 aliphatic carbocycles. The van der Waals surface area contributed by atoms with E-state index in [1.54, 1.807) is 6.07 Å². The van der Waals surface area contributed by atoms with E-state index in [-0.39, 0.29) is 28.3 Å². The van der Waals surface area contributed by atoms with Crippen LogP contribution in [0, 0.1) is 0 Å². The van der Waals surface area contributed by atoms with Crippen LogP contribution in [-0.4, -0.2) is 15.1 Å². The number of nitrogens with zero attached hydrogens (tertiary/aromatic N) is 1. The molecular formula is C19H14ClF3N2O4. The molecule has 2 heterocycles. The quantitative estimate of drug-likeness (QED) is 0.615. The van der Waals surface area contributed by atoms with Crippen LogP contribution in [0.1, 0.15) is 41.3 Å². The van der Waals surface area contributed by atoms with Crippen molar-refractivity contribution in [3.8, 4) is 17.4 Å². The molecule has 4 rings (SSSR count). The fourth-order valence-electron chi connectivity index (χ4n) is 3.41. The first-order valence-corrected chi connectivity index (χ1v) is 9.05. The van der Waals surface area contributed by atoms with E-state index in [0.717, 1.165) is 30.2 Å². The second-order valence-electron chi connectivity index (χ2n) is 6.63. The van der Waals surface area contributed by atoms with E-state index in [1.165, 1.54) is 6.20 Å². The monoisotopic (exact) mass is 426 g/mol. The third-order valence-corrected chi connectivity index (χ3v) is 5.00. The van der Waals surface area contributed by atoms with Crippen molar-refractivity contribution in [3.05, 3.63) is 68.6 Å². The van der Waals surface area contributed by atoms with E-state index in [4.69, 9.17) is 20.8 Å². The second-order valence-corrected chi connectivity index (χ2v) is 7.04. The summed E-state index contributed by atoms with van der Waals surface area (Å²) in [5.74, 6) is -0.953. The van der Waals surface area contributed by atoms with Gasteiger partial charge in [-0.2, -0.15) is 13.2 Å². The number of hydrogen-bond donors (Lipinski definition) is 2. The van der Waals surface area contributed by atoms with Crippen LogP contribution < -0.4 is 10.5 Å². The van der Waals surface area contributed by atoms with E-state index >= 15 is 0 Å². The molecule has 3 aromatic rings. The van der Waals surface area contributed by atoms with Crippen molar-refractivity contribution in [2.75, 3.05) is 0 Å². The predicted molar refractivity (Wildman–Crippen MR) is 96.5 cm³/mol. The number of aryl methyl sites for hydroxylation is 1. The largest absolute Gasteiger partial charge is 0.492 e. The number of oxazole rings is 1. The number of aromatic hydroxyl groups is 1. The smallest absolute Gasteiger partial charge is 0.419 e. The Morgan fingerprint density at radius 1 is 1.31 bits per heavy atom. The van der Waals surface area contributed by atoms with Crippen LogP contribution in [-0.2, 0) is 12.6 Å². The number of aromatic amines is 1. The zero-order valence-electron chi connectivity index (χ0n) is 14.7. The van der Waals surface area contributed by atoms with Gasteiger partial charge in [0.25, 0.3) is 0 Å². The van der Waals surface area contributed by atoms with E-state index in [0.29, 0.717) is 24.3 Å². The van der Waals surface area contributed by atoms with Crippen LogP contribution in [0.4, 0.5) is 13.2 Å². The molecule has 1 aromatic carbocycles. The molecule has 1 aliphatic rings. The first kappa shape index (κ1) is 19.4. The summed E-state index contributed by atoms with van der Waals surface area (Å²) in [5, 5.41) is 9.70. The molecule has 29 heavy (non-hydrogen) atoms. The van der Waals surface area contributed by atoms with Crippen molar-refractivity contribution < 1.29 is 27.4 Å². The van der Waals surface area contributed by atoms with Crippen molar-refractivity contribution in [1.82, 2.24) is 9.97 Å². The highest BCUT2D eigenvalue weighted by Gasteiger charge is 2.32. The van der Waals surface area contributed by atoms with Gasteiger partial charge in [0, 0.05) is 0 Å². The predicted octanol–water partition coefficient (Wildman–Crippen LogP) is 5.00. The Balaban J connectivity index is 1.62. The van der Waals surface area contributed by atoms with Crippen LogP contribution >= 0.6 is 11.6 Å². The Bertz CT molecular complexity index is 1120. The molecule has 10 heteroatoms. The maximum atomic E-state index is 12.8. The molecule has 2 aromatic heterocycles. The summed E-state index contributed by atoms with van der Waals surface area (Å²) in [7, 11) is 0. The third kappa shape index (κ3) is 3.82. The van der Waals surface area contributed by atoms with Gasteiger partial charge in [-0.25, -0.2) is 4.79 Å². The summed E-state index contributed by atoms with van der Waals surface area (Å²) in [6.07, 6.45) is -1.00. The first-order valence-electron chi connectivity index (χ1n) is 8.68. The molecule has 1 atom stereocenters. The zero-order chi connectivity index (χ0) is 20.8. The molecular weight excluding hydrogens is 413 g/mol. The van der Waals surface area contributed by atoms with Gasteiger partial charge in [0.2, 0.25) is 5.88 Å². The van der Waals surface area contributed by atoms with Gasteiger partial charge in [0.05, 0.1) is 28.4 Å². The van der Waals surface area contributed by atoms with Crippen LogP contribution in [0.3, 0.4) is 0 Å². The molecule has 0 saturated heterocycles. The van der Waals surface area contributed by atoms with Crippen molar-refractivity contribution in [2.45, 2.75) is 31.4 Å². The number of benzene rings is 1. The lowest BCUT2D eigenvalue weighted by atomic mass is 9.85. The van der Waals surface area contributed by atoms with Crippen molar-refractivity contribution >= 4 is 11.6 Å². The van der Waals surface area contributed by atoms with E-state index in [9.17, 15) is 23.1 Å². The number of alkyl halides is 3. The number of aromatic nitrogens is 2. The number of nitrogens with one attached hydrogen (secondary N) is 1. The second kappa shape index (κ2) is 7.14. The van der Waals surface area contributed by atoms with Gasteiger partial charge < -0.3 is 14.3 Å². The summed E-state index contributed by atoms with van der Waals surface area (Å²) in [4.78, 5) is 17.9. The summed E-state index contributed by atoms with van der Waals surface area (Å²) in [6.45, 7) is 0. The lowest BCUT2D eigenvalue weighted by Crippen LogP contribution is -2.13. The van der Waals surface area contributed by atoms with Crippen molar-refractivity contribution in [2.24, 2.45) is 0 Å². The first-order chi connectivity index (χ1) is 13.7. The number of rotatable bonds is 3. The maximum Gasteiger partial charge on any atom is 0.419 e. The molecule has 6 nitrogen and oxygen atoms in total. The Kier molecular flexibility index (Phi) is 4.77. The fourth-order valence-corrected chi connectivity index (χ4v) is 3.63. The average Bonchev–Trinajstić information content (AvgIpc) is 3.00. The lowest BCUT2D eigenvalue weighted by Gasteiger charge is -2.23. The van der Waals surface area contributed by atoms with Crippen LogP contribution in [0.25, 0.3) is 0 Å². The van der Waals surface area contributed by atoms with Gasteiger partial charge in [-0.3, -0.25) is 9.97 Å². The Morgan fingerprint density at radius 3 is 2.76 bits per heavy atom. The minimum absolute atomic E-state index is 0.0723. The van der Waals surface area contributed by atoms with Crippen molar-refractivity contribution in [1.29, 1.82) is 0 Å². The molecule has 0 aliphatic heterocycles. The van der Waals surface area contributed by atoms with E-state index in [2.05, 4.69) is 9.97 Å². The van der Waals surface area contributed by atoms with Crippen LogP contribution in [0.15, 0.2) is 39.7 Å². The Morgan fingerprint density at radius 2 is 2.10 bits per heavy atom. The van der Waals surface area contributed by atoms with Gasteiger partial charge in [0.1, 0.15) is 11.5 Å². The van der Waals surface area contributed by atoms with Gasteiger partial charge >= 0.3 is 11.9 Å². The molecule has 0 unspecified atom stereocenters. The van der Waals surface area contributed by atoms with E-state index in [1.807, 2.05) is 0 Å². The number of pyridine rings is 1. The summed E-state index contributed by atoms with van der Waals surface area (Å²) < 4.78 is 49.0. The minimum Gasteiger partial charge on any atom is -0.492 e. The highest BCUT2D eigenvalue weighted by Crippen LogP contribution is 2.40. The molecule has 0 fully saturated rings. The fraction of sp³-hybridized carbons (Fsp3) is 0.263. The number of fused-ring (bicyclic) bond motifs is 1. The van der Waals surface area contributed by atoms with Gasteiger partial charge in [-0.05, 0) is 49.1 Å². The molecule has 0 bridgehead atoms. The van der Waals surface area contributed by atoms with Gasteiger partial charge in [-0.1, -0.05) is 11.6 Å². The van der Waals surface area contributed by atoms with Gasteiger partial charge in [-0.15, -0.1) is 0 Å². The maximum absolute atomic E-state index is 12.8. The molecule has 0 saturated carbocycles. The van der Waals surface area contributed by atoms with Crippen LogP contribution in [0.5, 0.6) is 17.4 Å². The van der Waals surface area contributed by atoms with Crippen LogP contribution in [0.2, 0.25) is 5.02 Å². The molecule has 2 N–H and O–H groups in total. The standard InChI is InChI=1S/C19H14ClF3N2O4/c20-13-7-10(19(21,22)23)4-5-14(13)28-11-6-9-2-1-3-12(15(9)24-8-11)16-17(26)25-18(27)29-16/h4-8,12,26H,1-3H2,(H,25,27)/t12-/m1/s1. The normalized spacial score (nSPS) is 16.5. The molecule has 0 spiro atoms. The zero-order valence-corrected chi connectivity index (χ0v) is 15.5.